The summed E-state index contributed by atoms with van der Waals surface area (Å²) in [5, 5.41) is 51.7. The molecule has 34 heavy (non-hydrogen) atoms. The number of nitrogens with zero attached hydrogens (tertiary/aromatic N) is 1. The summed E-state index contributed by atoms with van der Waals surface area (Å²) in [4.78, 5) is 16.6. The van der Waals surface area contributed by atoms with Gasteiger partial charge >= 0.3 is 5.97 Å². The largest absolute Gasteiger partial charge is 0.461 e. The molecule has 11 unspecified atom stereocenters. The maximum absolute atomic E-state index is 12.7. The van der Waals surface area contributed by atoms with Crippen LogP contribution in [0.1, 0.15) is 30.1 Å². The van der Waals surface area contributed by atoms with Gasteiger partial charge in [0, 0.05) is 24.7 Å². The number of carbonyl (C=O) groups excluding carboxylic acids is 1. The van der Waals surface area contributed by atoms with Crippen molar-refractivity contribution in [2.75, 3.05) is 13.2 Å². The Morgan fingerprint density at radius 2 is 2.03 bits per heavy atom. The van der Waals surface area contributed by atoms with Crippen LogP contribution in [0.5, 0.6) is 0 Å². The number of carbonyl (C=O) groups is 1. The normalized spacial score (nSPS) is 52.5. The van der Waals surface area contributed by atoms with Gasteiger partial charge in [0.25, 0.3) is 0 Å². The van der Waals surface area contributed by atoms with Gasteiger partial charge in [-0.3, -0.25) is 4.98 Å². The highest BCUT2D eigenvalue weighted by atomic mass is 16.8. The van der Waals surface area contributed by atoms with E-state index in [4.69, 9.17) is 23.7 Å². The predicted molar refractivity (Wildman–Crippen MR) is 107 cm³/mol. The summed E-state index contributed by atoms with van der Waals surface area (Å²) in [5.74, 6) is -2.58. The molecule has 4 saturated heterocycles. The Morgan fingerprint density at radius 1 is 1.24 bits per heavy atom. The van der Waals surface area contributed by atoms with E-state index in [1.165, 1.54) is 12.4 Å². The maximum Gasteiger partial charge on any atom is 0.339 e. The van der Waals surface area contributed by atoms with Crippen LogP contribution >= 0.6 is 0 Å². The van der Waals surface area contributed by atoms with Gasteiger partial charge in [0.05, 0.1) is 17.6 Å². The number of hydrogen-bond acceptors (Lipinski definition) is 12. The van der Waals surface area contributed by atoms with Crippen molar-refractivity contribution in [2.24, 2.45) is 11.3 Å². The Kier molecular flexibility index (Phi) is 4.78. The molecule has 7 fully saturated rings. The Hall–Kier alpha value is -1.74. The van der Waals surface area contributed by atoms with E-state index in [1.807, 2.05) is 0 Å². The van der Waals surface area contributed by atoms with Gasteiger partial charge in [-0.25, -0.2) is 4.79 Å². The van der Waals surface area contributed by atoms with Crippen molar-refractivity contribution < 1.29 is 54.0 Å². The minimum atomic E-state index is -1.62. The zero-order valence-electron chi connectivity index (χ0n) is 18.3. The fourth-order valence-corrected chi connectivity index (χ4v) is 6.78. The van der Waals surface area contributed by atoms with E-state index in [9.17, 15) is 30.3 Å². The molecule has 186 valence electrons. The highest BCUT2D eigenvalue weighted by Gasteiger charge is 2.94. The van der Waals surface area contributed by atoms with Gasteiger partial charge in [-0.1, -0.05) is 0 Å². The first-order valence-electron chi connectivity index (χ1n) is 11.2. The molecule has 0 radical (unpaired) electrons. The number of aromatic nitrogens is 1. The second kappa shape index (κ2) is 7.15. The Balaban J connectivity index is 1.32. The Bertz CT molecular complexity index is 994. The maximum atomic E-state index is 12.7. The molecule has 12 nitrogen and oxygen atoms in total. The fourth-order valence-electron chi connectivity index (χ4n) is 6.78. The first kappa shape index (κ1) is 22.7. The lowest BCUT2D eigenvalue weighted by Crippen LogP contribution is -2.80. The molecule has 5 heterocycles. The summed E-state index contributed by atoms with van der Waals surface area (Å²) in [6.07, 6.45) is -5.04. The lowest BCUT2D eigenvalue weighted by atomic mass is 9.41. The summed E-state index contributed by atoms with van der Waals surface area (Å²) in [6, 6.07) is 3.17. The van der Waals surface area contributed by atoms with Gasteiger partial charge < -0.3 is 49.2 Å². The van der Waals surface area contributed by atoms with E-state index in [2.05, 4.69) is 4.98 Å². The van der Waals surface area contributed by atoms with Crippen LogP contribution in [-0.2, 0) is 23.7 Å². The summed E-state index contributed by atoms with van der Waals surface area (Å²) >= 11 is 0. The van der Waals surface area contributed by atoms with Gasteiger partial charge in [0.2, 0.25) is 0 Å². The van der Waals surface area contributed by atoms with Crippen molar-refractivity contribution >= 4 is 5.97 Å². The Labute approximate surface area is 194 Å². The van der Waals surface area contributed by atoms with E-state index in [0.717, 1.165) is 0 Å². The topological polar surface area (TPSA) is 177 Å². The lowest BCUT2D eigenvalue weighted by molar-refractivity contribution is -0.424. The van der Waals surface area contributed by atoms with E-state index in [-0.39, 0.29) is 25.0 Å². The van der Waals surface area contributed by atoms with Crippen LogP contribution < -0.4 is 0 Å². The van der Waals surface area contributed by atoms with Crippen molar-refractivity contribution in [3.63, 3.8) is 0 Å². The van der Waals surface area contributed by atoms with Crippen LogP contribution in [0.3, 0.4) is 0 Å². The molecule has 3 aliphatic carbocycles. The molecule has 8 rings (SSSR count). The molecule has 5 N–H and O–H groups in total. The third-order valence-corrected chi connectivity index (χ3v) is 8.46. The third kappa shape index (κ3) is 2.58. The molecule has 0 aromatic carbocycles. The molecular formula is C22H27NO11. The van der Waals surface area contributed by atoms with E-state index in [1.54, 1.807) is 19.1 Å². The highest BCUT2D eigenvalue weighted by Crippen LogP contribution is 2.81. The number of aliphatic hydroxyl groups is 5. The van der Waals surface area contributed by atoms with Crippen molar-refractivity contribution in [3.8, 4) is 0 Å². The fraction of sp³-hybridized carbons (Fsp3) is 0.727. The molecule has 6 bridgehead atoms. The first-order valence-corrected chi connectivity index (χ1v) is 11.2. The minimum Gasteiger partial charge on any atom is -0.461 e. The standard InChI is InChI=1S/C22H27NO11/c1-19-8-21(29)12-5-22(19,32-17-15(27)14(26)13(25)11(7-24)31-17)20(12,18(33-19)34-21)9-30-16(28)10-3-2-4-23-6-10/h2-4,6,11-15,17-18,24-27,29H,5,7-9H2,1H3. The number of hydrogen-bond donors (Lipinski definition) is 5. The van der Waals surface area contributed by atoms with Crippen LogP contribution in [-0.4, -0.2) is 104 Å². The van der Waals surface area contributed by atoms with Gasteiger partial charge in [-0.05, 0) is 25.5 Å². The summed E-state index contributed by atoms with van der Waals surface area (Å²) in [6.45, 7) is 0.941. The van der Waals surface area contributed by atoms with Crippen molar-refractivity contribution in [1.82, 2.24) is 4.98 Å². The second-order valence-corrected chi connectivity index (χ2v) is 10.1. The highest BCUT2D eigenvalue weighted by molar-refractivity contribution is 5.88. The number of aliphatic hydroxyl groups excluding tert-OH is 4. The molecule has 12 heteroatoms. The number of rotatable bonds is 6. The number of pyridine rings is 1. The SMILES string of the molecule is CC12CC3(O)OC(O1)C1(COC(=O)c4cccnc4)C3CC21OC1OC(CO)C(O)C(O)C1O. The first-order chi connectivity index (χ1) is 16.1. The average Bonchev–Trinajstić information content (AvgIpc) is 3.00. The monoisotopic (exact) mass is 481 g/mol. The van der Waals surface area contributed by atoms with Crippen molar-refractivity contribution in [2.45, 2.75) is 73.8 Å². The van der Waals surface area contributed by atoms with Crippen LogP contribution in [0, 0.1) is 11.3 Å². The smallest absolute Gasteiger partial charge is 0.339 e. The molecule has 0 amide bonds. The zero-order valence-corrected chi connectivity index (χ0v) is 18.3. The molecule has 1 aromatic rings. The van der Waals surface area contributed by atoms with Gasteiger partial charge in [-0.2, -0.15) is 0 Å². The molecule has 3 saturated carbocycles. The van der Waals surface area contributed by atoms with E-state index in [0.29, 0.717) is 0 Å². The summed E-state index contributed by atoms with van der Waals surface area (Å²) < 4.78 is 29.6. The van der Waals surface area contributed by atoms with Crippen LogP contribution in [0.25, 0.3) is 0 Å². The average molecular weight is 481 g/mol. The van der Waals surface area contributed by atoms with Gasteiger partial charge in [0.1, 0.15) is 42.2 Å². The van der Waals surface area contributed by atoms with E-state index >= 15 is 0 Å². The predicted octanol–water partition coefficient (Wildman–Crippen LogP) is -1.96. The molecule has 7 aliphatic rings. The number of ether oxygens (including phenoxy) is 5. The molecule has 0 spiro atoms. The molecular weight excluding hydrogens is 454 g/mol. The zero-order chi connectivity index (χ0) is 24.1. The van der Waals surface area contributed by atoms with Crippen LogP contribution in [0.2, 0.25) is 0 Å². The van der Waals surface area contributed by atoms with Gasteiger partial charge in [0.15, 0.2) is 18.4 Å². The Morgan fingerprint density at radius 3 is 2.74 bits per heavy atom. The van der Waals surface area contributed by atoms with E-state index < -0.39 is 77.9 Å². The van der Waals surface area contributed by atoms with Crippen LogP contribution in [0.15, 0.2) is 24.5 Å². The lowest BCUT2D eigenvalue weighted by Gasteiger charge is -2.67. The summed E-state index contributed by atoms with van der Waals surface area (Å²) in [7, 11) is 0. The molecule has 1 aromatic heterocycles. The minimum absolute atomic E-state index is 0.0802. The van der Waals surface area contributed by atoms with Crippen molar-refractivity contribution in [1.29, 1.82) is 0 Å². The quantitative estimate of drug-likeness (QED) is 0.284. The van der Waals surface area contributed by atoms with Crippen molar-refractivity contribution in [3.05, 3.63) is 30.1 Å². The van der Waals surface area contributed by atoms with Crippen LogP contribution in [0.4, 0.5) is 0 Å². The third-order valence-electron chi connectivity index (χ3n) is 8.46. The van der Waals surface area contributed by atoms with Gasteiger partial charge in [-0.15, -0.1) is 0 Å². The summed E-state index contributed by atoms with van der Waals surface area (Å²) in [5.41, 5.74) is -3.15. The second-order valence-electron chi connectivity index (χ2n) is 10.1. The molecule has 11 atom stereocenters. The number of esters is 1. The molecule has 4 aliphatic heterocycles.